The molecular weight excluding hydrogens is 232 g/mol. The van der Waals surface area contributed by atoms with Gasteiger partial charge in [-0.3, -0.25) is 0 Å². The predicted molar refractivity (Wildman–Crippen MR) is 78.0 cm³/mol. The third kappa shape index (κ3) is 3.05. The molecule has 1 nitrogen and oxygen atoms in total. The van der Waals surface area contributed by atoms with Crippen LogP contribution in [0.15, 0.2) is 72.5 Å². The Balaban J connectivity index is 1.77. The molecule has 0 spiro atoms. The largest absolute Gasteiger partial charge is 0.498 e. The van der Waals surface area contributed by atoms with Crippen molar-refractivity contribution in [2.45, 2.75) is 18.8 Å². The number of hydrogen-bond donors (Lipinski definition) is 0. The second-order valence-electron chi connectivity index (χ2n) is 4.95. The van der Waals surface area contributed by atoms with Crippen LogP contribution in [0.1, 0.15) is 23.5 Å². The highest BCUT2D eigenvalue weighted by molar-refractivity contribution is 5.27. The van der Waals surface area contributed by atoms with E-state index in [0.717, 1.165) is 25.2 Å². The first-order valence-corrected chi connectivity index (χ1v) is 6.84. The maximum absolute atomic E-state index is 5.79. The van der Waals surface area contributed by atoms with Gasteiger partial charge in [-0.2, -0.15) is 0 Å². The summed E-state index contributed by atoms with van der Waals surface area (Å²) < 4.78 is 5.79. The fraction of sp³-hybridized carbons (Fsp3) is 0.222. The van der Waals surface area contributed by atoms with Gasteiger partial charge < -0.3 is 4.74 Å². The van der Waals surface area contributed by atoms with Crippen molar-refractivity contribution >= 4 is 0 Å². The van der Waals surface area contributed by atoms with Crippen LogP contribution in [-0.4, -0.2) is 6.61 Å². The number of rotatable bonds is 3. The molecule has 0 saturated heterocycles. The molecular formula is C18H18O. The van der Waals surface area contributed by atoms with Crippen molar-refractivity contribution in [2.75, 3.05) is 6.61 Å². The minimum atomic E-state index is 0.494. The molecule has 2 aromatic rings. The van der Waals surface area contributed by atoms with Crippen molar-refractivity contribution < 1.29 is 4.74 Å². The molecule has 0 radical (unpaired) electrons. The molecule has 1 heteroatoms. The van der Waals surface area contributed by atoms with Crippen LogP contribution >= 0.6 is 0 Å². The van der Waals surface area contributed by atoms with Gasteiger partial charge in [0.1, 0.15) is 0 Å². The molecule has 1 heterocycles. The molecule has 96 valence electrons. The first-order chi connectivity index (χ1) is 9.42. The molecule has 0 N–H and O–H groups in total. The standard InChI is InChI=1S/C18H18O/c1-3-7-15(8-4-1)13-18-14-17(11-12-19-18)16-9-5-2-6-10-16/h1-10,14,17H,11-13H2. The quantitative estimate of drug-likeness (QED) is 0.788. The second-order valence-corrected chi connectivity index (χ2v) is 4.95. The summed E-state index contributed by atoms with van der Waals surface area (Å²) >= 11 is 0. The van der Waals surface area contributed by atoms with Crippen LogP contribution in [0, 0.1) is 0 Å². The molecule has 0 aliphatic carbocycles. The van der Waals surface area contributed by atoms with Gasteiger partial charge in [0.15, 0.2) is 0 Å². The van der Waals surface area contributed by atoms with Crippen LogP contribution in [0.5, 0.6) is 0 Å². The SMILES string of the molecule is C1=C(Cc2ccccc2)OCCC1c1ccccc1. The average molecular weight is 250 g/mol. The highest BCUT2D eigenvalue weighted by Crippen LogP contribution is 2.28. The van der Waals surface area contributed by atoms with E-state index in [1.165, 1.54) is 11.1 Å². The third-order valence-electron chi connectivity index (χ3n) is 3.55. The van der Waals surface area contributed by atoms with Gasteiger partial charge in [0.05, 0.1) is 12.4 Å². The molecule has 19 heavy (non-hydrogen) atoms. The van der Waals surface area contributed by atoms with Crippen LogP contribution in [0.3, 0.4) is 0 Å². The van der Waals surface area contributed by atoms with Crippen molar-refractivity contribution in [2.24, 2.45) is 0 Å². The summed E-state index contributed by atoms with van der Waals surface area (Å²) in [5.41, 5.74) is 2.69. The van der Waals surface area contributed by atoms with Crippen LogP contribution < -0.4 is 0 Å². The van der Waals surface area contributed by atoms with Crippen molar-refractivity contribution in [1.82, 2.24) is 0 Å². The van der Waals surface area contributed by atoms with Gasteiger partial charge in [-0.1, -0.05) is 60.7 Å². The van der Waals surface area contributed by atoms with Gasteiger partial charge >= 0.3 is 0 Å². The van der Waals surface area contributed by atoms with E-state index in [2.05, 4.69) is 60.7 Å². The van der Waals surface area contributed by atoms with Crippen molar-refractivity contribution in [3.63, 3.8) is 0 Å². The van der Waals surface area contributed by atoms with E-state index >= 15 is 0 Å². The van der Waals surface area contributed by atoms with E-state index in [9.17, 15) is 0 Å². The van der Waals surface area contributed by atoms with Gasteiger partial charge in [0.2, 0.25) is 0 Å². The lowest BCUT2D eigenvalue weighted by Gasteiger charge is -2.22. The van der Waals surface area contributed by atoms with E-state index in [1.807, 2.05) is 6.07 Å². The lowest BCUT2D eigenvalue weighted by Crippen LogP contribution is -2.11. The molecule has 0 aromatic heterocycles. The molecule has 0 bridgehead atoms. The predicted octanol–water partition coefficient (Wildman–Crippen LogP) is 4.32. The molecule has 3 rings (SSSR count). The van der Waals surface area contributed by atoms with Gasteiger partial charge in [0, 0.05) is 12.3 Å². The monoisotopic (exact) mass is 250 g/mol. The summed E-state index contributed by atoms with van der Waals surface area (Å²) in [6, 6.07) is 21.2. The Morgan fingerprint density at radius 1 is 0.895 bits per heavy atom. The molecule has 1 atom stereocenters. The Kier molecular flexibility index (Phi) is 3.64. The zero-order valence-corrected chi connectivity index (χ0v) is 11.0. The van der Waals surface area contributed by atoms with Gasteiger partial charge in [-0.05, 0) is 23.6 Å². The summed E-state index contributed by atoms with van der Waals surface area (Å²) in [6.07, 6.45) is 4.25. The molecule has 1 unspecified atom stereocenters. The fourth-order valence-electron chi connectivity index (χ4n) is 2.54. The van der Waals surface area contributed by atoms with Crippen LogP contribution in [0.4, 0.5) is 0 Å². The molecule has 0 amide bonds. The first-order valence-electron chi connectivity index (χ1n) is 6.84. The molecule has 1 aliphatic heterocycles. The second kappa shape index (κ2) is 5.75. The Bertz CT molecular complexity index is 542. The topological polar surface area (TPSA) is 9.23 Å². The first kappa shape index (κ1) is 12.0. The Morgan fingerprint density at radius 2 is 1.58 bits per heavy atom. The van der Waals surface area contributed by atoms with Gasteiger partial charge in [-0.15, -0.1) is 0 Å². The summed E-state index contributed by atoms with van der Waals surface area (Å²) in [7, 11) is 0. The lowest BCUT2D eigenvalue weighted by atomic mass is 9.93. The van der Waals surface area contributed by atoms with Crippen molar-refractivity contribution in [1.29, 1.82) is 0 Å². The lowest BCUT2D eigenvalue weighted by molar-refractivity contribution is 0.181. The van der Waals surface area contributed by atoms with Crippen LogP contribution in [0.2, 0.25) is 0 Å². The van der Waals surface area contributed by atoms with Crippen LogP contribution in [0.25, 0.3) is 0 Å². The Morgan fingerprint density at radius 3 is 2.32 bits per heavy atom. The number of allylic oxidation sites excluding steroid dienone is 2. The maximum atomic E-state index is 5.79. The summed E-state index contributed by atoms with van der Waals surface area (Å²) in [5, 5.41) is 0. The number of ether oxygens (including phenoxy) is 1. The Labute approximate surface area is 114 Å². The van der Waals surface area contributed by atoms with E-state index in [0.29, 0.717) is 5.92 Å². The number of benzene rings is 2. The fourth-order valence-corrected chi connectivity index (χ4v) is 2.54. The highest BCUT2D eigenvalue weighted by Gasteiger charge is 2.16. The van der Waals surface area contributed by atoms with Crippen molar-refractivity contribution in [3.8, 4) is 0 Å². The van der Waals surface area contributed by atoms with Crippen LogP contribution in [-0.2, 0) is 11.2 Å². The normalized spacial score (nSPS) is 18.5. The van der Waals surface area contributed by atoms with E-state index in [4.69, 9.17) is 4.74 Å². The summed E-state index contributed by atoms with van der Waals surface area (Å²) in [4.78, 5) is 0. The van der Waals surface area contributed by atoms with E-state index in [-0.39, 0.29) is 0 Å². The van der Waals surface area contributed by atoms with Gasteiger partial charge in [0.25, 0.3) is 0 Å². The number of hydrogen-bond acceptors (Lipinski definition) is 1. The average Bonchev–Trinajstić information content (AvgIpc) is 2.49. The minimum absolute atomic E-state index is 0.494. The highest BCUT2D eigenvalue weighted by atomic mass is 16.5. The molecule has 0 saturated carbocycles. The smallest absolute Gasteiger partial charge is 0.0969 e. The van der Waals surface area contributed by atoms with Crippen molar-refractivity contribution in [3.05, 3.63) is 83.6 Å². The Hall–Kier alpha value is -2.02. The summed E-state index contributed by atoms with van der Waals surface area (Å²) in [6.45, 7) is 0.818. The van der Waals surface area contributed by atoms with E-state index < -0.39 is 0 Å². The maximum Gasteiger partial charge on any atom is 0.0969 e. The molecule has 1 aliphatic rings. The van der Waals surface area contributed by atoms with Gasteiger partial charge in [-0.25, -0.2) is 0 Å². The molecule has 2 aromatic carbocycles. The zero-order valence-electron chi connectivity index (χ0n) is 11.0. The molecule has 0 fully saturated rings. The minimum Gasteiger partial charge on any atom is -0.498 e. The zero-order chi connectivity index (χ0) is 12.9. The third-order valence-corrected chi connectivity index (χ3v) is 3.55. The summed E-state index contributed by atoms with van der Waals surface area (Å²) in [5.74, 6) is 1.60. The van der Waals surface area contributed by atoms with E-state index in [1.54, 1.807) is 0 Å².